The van der Waals surface area contributed by atoms with Gasteiger partial charge in [-0.15, -0.1) is 5.10 Å². The van der Waals surface area contributed by atoms with Crippen molar-refractivity contribution >= 4 is 11.6 Å². The number of ether oxygens (including phenoxy) is 1. The van der Waals surface area contributed by atoms with Crippen LogP contribution >= 0.6 is 11.6 Å². The Morgan fingerprint density at radius 2 is 1.94 bits per heavy atom. The molecule has 1 aromatic carbocycles. The second kappa shape index (κ2) is 8.79. The lowest BCUT2D eigenvalue weighted by Crippen LogP contribution is -2.05. The molecule has 166 valence electrons. The average molecular weight is 464 g/mol. The molecule has 0 aliphatic carbocycles. The Labute approximate surface area is 193 Å². The molecule has 0 aliphatic heterocycles. The third-order valence-electron chi connectivity index (χ3n) is 5.03. The van der Waals surface area contributed by atoms with E-state index in [1.165, 1.54) is 6.20 Å². The Kier molecular flexibility index (Phi) is 5.53. The first-order valence-electron chi connectivity index (χ1n) is 9.98. The number of rotatable bonds is 7. The molecule has 4 aromatic heterocycles. The second-order valence-electron chi connectivity index (χ2n) is 7.24. The lowest BCUT2D eigenvalue weighted by Gasteiger charge is -2.06. The number of hydrogen-bond acceptors (Lipinski definition) is 9. The van der Waals surface area contributed by atoms with Crippen molar-refractivity contribution in [2.24, 2.45) is 7.05 Å². The molecule has 0 bridgehead atoms. The number of pyridine rings is 1. The SMILES string of the molecule is Cc1nnnn1Cc1ccc(-c2noc(-c3cnn(C)c3COc3ccc(Cl)cn3)n2)cc1. The van der Waals surface area contributed by atoms with E-state index in [0.29, 0.717) is 34.7 Å². The minimum Gasteiger partial charge on any atom is -0.471 e. The number of nitrogens with zero attached hydrogens (tertiary/aromatic N) is 9. The molecule has 4 heterocycles. The van der Waals surface area contributed by atoms with Crippen molar-refractivity contribution < 1.29 is 9.26 Å². The van der Waals surface area contributed by atoms with E-state index in [9.17, 15) is 0 Å². The number of tetrazole rings is 1. The van der Waals surface area contributed by atoms with Crippen LogP contribution in [0.15, 0.2) is 53.3 Å². The fourth-order valence-corrected chi connectivity index (χ4v) is 3.29. The van der Waals surface area contributed by atoms with Crippen molar-refractivity contribution in [3.05, 3.63) is 70.9 Å². The molecule has 0 saturated carbocycles. The van der Waals surface area contributed by atoms with Gasteiger partial charge in [0.2, 0.25) is 11.7 Å². The molecular weight excluding hydrogens is 446 g/mol. The third-order valence-corrected chi connectivity index (χ3v) is 5.25. The van der Waals surface area contributed by atoms with Gasteiger partial charge in [0.05, 0.1) is 29.0 Å². The Bertz CT molecular complexity index is 1370. The van der Waals surface area contributed by atoms with Crippen LogP contribution in [-0.2, 0) is 20.2 Å². The van der Waals surface area contributed by atoms with Crippen LogP contribution in [0, 0.1) is 6.92 Å². The summed E-state index contributed by atoms with van der Waals surface area (Å²) in [4.78, 5) is 8.69. The van der Waals surface area contributed by atoms with Crippen LogP contribution in [0.4, 0.5) is 0 Å². The maximum atomic E-state index is 5.87. The summed E-state index contributed by atoms with van der Waals surface area (Å²) in [6.07, 6.45) is 3.20. The predicted octanol–water partition coefficient (Wildman–Crippen LogP) is 3.11. The Morgan fingerprint density at radius 1 is 1.09 bits per heavy atom. The van der Waals surface area contributed by atoms with Crippen LogP contribution in [0.1, 0.15) is 17.1 Å². The quantitative estimate of drug-likeness (QED) is 0.358. The molecule has 0 spiro atoms. The maximum Gasteiger partial charge on any atom is 0.261 e. The standard InChI is InChI=1S/C21H18ClN9O2/c1-13-26-28-29-31(13)11-14-3-5-15(6-4-14)20-25-21(33-27-20)17-10-24-30(2)18(17)12-32-19-8-7-16(22)9-23-19/h3-10H,11-12H2,1-2H3. The summed E-state index contributed by atoms with van der Waals surface area (Å²) in [5.74, 6) is 2.04. The third kappa shape index (κ3) is 4.44. The van der Waals surface area contributed by atoms with E-state index in [2.05, 4.69) is 35.7 Å². The van der Waals surface area contributed by atoms with Crippen LogP contribution in [0.5, 0.6) is 5.88 Å². The topological polar surface area (TPSA) is 122 Å². The molecule has 0 amide bonds. The van der Waals surface area contributed by atoms with Crippen molar-refractivity contribution in [3.8, 4) is 28.7 Å². The lowest BCUT2D eigenvalue weighted by molar-refractivity contribution is 0.283. The van der Waals surface area contributed by atoms with E-state index in [0.717, 1.165) is 22.6 Å². The summed E-state index contributed by atoms with van der Waals surface area (Å²) in [5.41, 5.74) is 3.35. The Hall–Kier alpha value is -4.12. The van der Waals surface area contributed by atoms with E-state index in [1.807, 2.05) is 38.2 Å². The largest absolute Gasteiger partial charge is 0.471 e. The van der Waals surface area contributed by atoms with Crippen molar-refractivity contribution in [3.63, 3.8) is 0 Å². The molecule has 0 atom stereocenters. The Morgan fingerprint density at radius 3 is 2.67 bits per heavy atom. The van der Waals surface area contributed by atoms with Crippen LogP contribution in [0.3, 0.4) is 0 Å². The highest BCUT2D eigenvalue weighted by Gasteiger charge is 2.18. The molecule has 5 rings (SSSR count). The van der Waals surface area contributed by atoms with Crippen molar-refractivity contribution in [1.82, 2.24) is 45.1 Å². The van der Waals surface area contributed by atoms with Crippen molar-refractivity contribution in [2.45, 2.75) is 20.1 Å². The van der Waals surface area contributed by atoms with Crippen LogP contribution in [-0.4, -0.2) is 45.1 Å². The van der Waals surface area contributed by atoms with E-state index in [4.69, 9.17) is 20.9 Å². The highest BCUT2D eigenvalue weighted by molar-refractivity contribution is 6.30. The lowest BCUT2D eigenvalue weighted by atomic mass is 10.1. The molecule has 5 aromatic rings. The van der Waals surface area contributed by atoms with Gasteiger partial charge >= 0.3 is 0 Å². The van der Waals surface area contributed by atoms with E-state index in [1.54, 1.807) is 27.7 Å². The molecular formula is C21H18ClN9O2. The predicted molar refractivity (Wildman–Crippen MR) is 117 cm³/mol. The van der Waals surface area contributed by atoms with Gasteiger partial charge in [0.15, 0.2) is 0 Å². The van der Waals surface area contributed by atoms with Crippen molar-refractivity contribution in [1.29, 1.82) is 0 Å². The minimum atomic E-state index is 0.226. The summed E-state index contributed by atoms with van der Waals surface area (Å²) in [7, 11) is 1.82. The van der Waals surface area contributed by atoms with Gasteiger partial charge in [-0.05, 0) is 29.0 Å². The van der Waals surface area contributed by atoms with E-state index in [-0.39, 0.29) is 6.61 Å². The van der Waals surface area contributed by atoms with Gasteiger partial charge in [0.1, 0.15) is 12.4 Å². The number of hydrogen-bond donors (Lipinski definition) is 0. The summed E-state index contributed by atoms with van der Waals surface area (Å²) in [6, 6.07) is 11.2. The van der Waals surface area contributed by atoms with Gasteiger partial charge < -0.3 is 9.26 Å². The van der Waals surface area contributed by atoms with Crippen molar-refractivity contribution in [2.75, 3.05) is 0 Å². The summed E-state index contributed by atoms with van der Waals surface area (Å²) < 4.78 is 14.7. The molecule has 0 aliphatic rings. The number of halogens is 1. The molecule has 11 nitrogen and oxygen atoms in total. The van der Waals surface area contributed by atoms with Crippen LogP contribution in [0.2, 0.25) is 5.02 Å². The van der Waals surface area contributed by atoms with E-state index < -0.39 is 0 Å². The smallest absolute Gasteiger partial charge is 0.261 e. The first kappa shape index (κ1) is 20.8. The fraction of sp³-hybridized carbons (Fsp3) is 0.190. The molecule has 0 unspecified atom stereocenters. The first-order chi connectivity index (χ1) is 16.1. The van der Waals surface area contributed by atoms with E-state index >= 15 is 0 Å². The normalized spacial score (nSPS) is 11.1. The average Bonchev–Trinajstić information content (AvgIpc) is 3.55. The second-order valence-corrected chi connectivity index (χ2v) is 7.67. The molecule has 0 fully saturated rings. The molecule has 0 saturated heterocycles. The number of benzene rings is 1. The monoisotopic (exact) mass is 463 g/mol. The summed E-state index contributed by atoms with van der Waals surface area (Å²) in [6.45, 7) is 2.67. The summed E-state index contributed by atoms with van der Waals surface area (Å²) in [5, 5.41) is 20.5. The van der Waals surface area contributed by atoms with Crippen LogP contribution < -0.4 is 4.74 Å². The maximum absolute atomic E-state index is 5.87. The highest BCUT2D eigenvalue weighted by atomic mass is 35.5. The Balaban J connectivity index is 1.32. The molecule has 0 N–H and O–H groups in total. The zero-order valence-electron chi connectivity index (χ0n) is 17.8. The van der Waals surface area contributed by atoms with Gasteiger partial charge in [0, 0.05) is 24.9 Å². The van der Waals surface area contributed by atoms with Gasteiger partial charge in [-0.25, -0.2) is 9.67 Å². The number of aryl methyl sites for hydroxylation is 2. The zero-order chi connectivity index (χ0) is 22.8. The van der Waals surface area contributed by atoms with Crippen LogP contribution in [0.25, 0.3) is 22.8 Å². The summed E-state index contributed by atoms with van der Waals surface area (Å²) >= 11 is 5.87. The zero-order valence-corrected chi connectivity index (χ0v) is 18.5. The van der Waals surface area contributed by atoms with Gasteiger partial charge in [-0.2, -0.15) is 10.1 Å². The van der Waals surface area contributed by atoms with Gasteiger partial charge in [-0.1, -0.05) is 41.0 Å². The molecule has 0 radical (unpaired) electrons. The molecule has 12 heteroatoms. The number of aromatic nitrogens is 9. The fourth-order valence-electron chi connectivity index (χ4n) is 3.18. The molecule has 33 heavy (non-hydrogen) atoms. The first-order valence-corrected chi connectivity index (χ1v) is 10.4. The highest BCUT2D eigenvalue weighted by Crippen LogP contribution is 2.26. The van der Waals surface area contributed by atoms with Gasteiger partial charge in [-0.3, -0.25) is 4.68 Å². The van der Waals surface area contributed by atoms with Gasteiger partial charge in [0.25, 0.3) is 5.89 Å². The minimum absolute atomic E-state index is 0.226.